The van der Waals surface area contributed by atoms with Gasteiger partial charge in [-0.2, -0.15) is 8.42 Å². The number of rotatable bonds is 39. The molecule has 0 heterocycles. The highest BCUT2D eigenvalue weighted by Crippen LogP contribution is 2.16. The van der Waals surface area contributed by atoms with Gasteiger partial charge in [0.15, 0.2) is 0 Å². The Morgan fingerprint density at radius 1 is 0.529 bits per heavy atom. The number of aliphatic hydroxyl groups is 2. The number of aliphatic hydroxyl groups excluding tert-OH is 2. The number of hydrogen-bond donors (Lipinski definition) is 4. The van der Waals surface area contributed by atoms with E-state index in [4.69, 9.17) is 0 Å². The second-order valence-corrected chi connectivity index (χ2v) is 16.6. The normalized spacial score (nSPS) is 14.1. The first kappa shape index (κ1) is 49.8. The van der Waals surface area contributed by atoms with Gasteiger partial charge >= 0.3 is 0 Å². The minimum absolute atomic E-state index is 0.278. The van der Waals surface area contributed by atoms with Gasteiger partial charge in [-0.15, -0.1) is 0 Å². The molecule has 1 amide bonds. The number of unbranched alkanes of at least 4 members (excludes halogenated alkanes) is 28. The summed E-state index contributed by atoms with van der Waals surface area (Å²) >= 11 is 0. The third kappa shape index (κ3) is 36.9. The largest absolute Gasteiger partial charge is 0.387 e. The molecule has 0 bridgehead atoms. The molecule has 0 aromatic heterocycles. The average Bonchev–Trinajstić information content (AvgIpc) is 3.09. The smallest absolute Gasteiger partial charge is 0.267 e. The minimum atomic E-state index is -4.45. The van der Waals surface area contributed by atoms with E-state index in [1.165, 1.54) is 160 Å². The van der Waals surface area contributed by atoms with Crippen molar-refractivity contribution in [2.75, 3.05) is 5.75 Å². The lowest BCUT2D eigenvalue weighted by Crippen LogP contribution is -2.50. The van der Waals surface area contributed by atoms with Gasteiger partial charge in [-0.3, -0.25) is 9.35 Å². The van der Waals surface area contributed by atoms with Gasteiger partial charge in [-0.1, -0.05) is 212 Å². The molecule has 51 heavy (non-hydrogen) atoms. The molecule has 8 heteroatoms. The molecule has 0 rings (SSSR count). The molecule has 0 aliphatic rings. The van der Waals surface area contributed by atoms with E-state index >= 15 is 0 Å². The summed E-state index contributed by atoms with van der Waals surface area (Å²) < 4.78 is 32.5. The molecular formula is C43H83NO6S. The maximum atomic E-state index is 12.6. The Morgan fingerprint density at radius 3 is 1.29 bits per heavy atom. The summed E-state index contributed by atoms with van der Waals surface area (Å²) in [5, 5.41) is 23.4. The van der Waals surface area contributed by atoms with Gasteiger partial charge in [0, 0.05) is 0 Å². The number of amides is 1. The summed E-state index contributed by atoms with van der Waals surface area (Å²) in [4.78, 5) is 12.6. The molecule has 0 aromatic carbocycles. The van der Waals surface area contributed by atoms with Crippen LogP contribution in [0.5, 0.6) is 0 Å². The van der Waals surface area contributed by atoms with Gasteiger partial charge in [0.25, 0.3) is 10.1 Å². The van der Waals surface area contributed by atoms with Crippen molar-refractivity contribution in [3.63, 3.8) is 0 Å². The molecule has 0 aliphatic carbocycles. The number of carbonyl (C=O) groups excluding carboxylic acids is 1. The number of nitrogens with one attached hydrogen (secondary N) is 1. The topological polar surface area (TPSA) is 124 Å². The van der Waals surface area contributed by atoms with E-state index in [2.05, 4.69) is 31.3 Å². The molecule has 0 fully saturated rings. The van der Waals surface area contributed by atoms with E-state index in [0.717, 1.165) is 32.1 Å². The molecule has 3 atom stereocenters. The van der Waals surface area contributed by atoms with E-state index < -0.39 is 40.0 Å². The molecule has 0 saturated heterocycles. The third-order valence-corrected chi connectivity index (χ3v) is 10.8. The van der Waals surface area contributed by atoms with Crippen LogP contribution in [-0.2, 0) is 14.9 Å². The zero-order chi connectivity index (χ0) is 37.7. The highest BCUT2D eigenvalue weighted by atomic mass is 32.2. The average molecular weight is 742 g/mol. The fourth-order valence-electron chi connectivity index (χ4n) is 6.65. The summed E-state index contributed by atoms with van der Waals surface area (Å²) in [6.07, 6.45) is 43.9. The zero-order valence-electron chi connectivity index (χ0n) is 33.4. The lowest BCUT2D eigenvalue weighted by Gasteiger charge is -2.22. The van der Waals surface area contributed by atoms with Crippen LogP contribution < -0.4 is 5.32 Å². The number of hydrogen-bond acceptors (Lipinski definition) is 5. The summed E-state index contributed by atoms with van der Waals surface area (Å²) in [6.45, 7) is 4.50. The first-order valence-electron chi connectivity index (χ1n) is 21.6. The van der Waals surface area contributed by atoms with Gasteiger partial charge in [0.1, 0.15) is 6.10 Å². The fraction of sp³-hybridized carbons (Fsp3) is 0.884. The standard InChI is InChI=1S/C43H83NO6S/c1-3-5-7-9-11-13-15-17-18-19-20-21-22-23-24-26-28-30-32-34-36-38-42(46)43(47)44-40(39-51(48,49)50)41(45)37-35-33-31-29-27-25-16-14-12-10-8-6-4-2/h27,29,35,37,40-42,45-46H,3-26,28,30-34,36,38-39H2,1-2H3,(H,44,47)(H,48,49,50)/b29-27+,37-35+. The Hall–Kier alpha value is -1.22. The van der Waals surface area contributed by atoms with Crippen LogP contribution in [0.15, 0.2) is 24.3 Å². The van der Waals surface area contributed by atoms with E-state index in [0.29, 0.717) is 12.8 Å². The quantitative estimate of drug-likeness (QED) is 0.0282. The molecule has 0 spiro atoms. The molecule has 3 unspecified atom stereocenters. The summed E-state index contributed by atoms with van der Waals surface area (Å²) in [5.41, 5.74) is 0. The summed E-state index contributed by atoms with van der Waals surface area (Å²) in [6, 6.07) is -1.24. The molecule has 7 nitrogen and oxygen atoms in total. The van der Waals surface area contributed by atoms with Crippen molar-refractivity contribution >= 4 is 16.0 Å². The van der Waals surface area contributed by atoms with Gasteiger partial charge in [-0.05, 0) is 32.1 Å². The molecule has 0 radical (unpaired) electrons. The summed E-state index contributed by atoms with van der Waals surface area (Å²) in [7, 11) is -4.45. The molecule has 0 aliphatic heterocycles. The summed E-state index contributed by atoms with van der Waals surface area (Å²) in [5.74, 6) is -1.55. The number of allylic oxidation sites excluding steroid dienone is 3. The Morgan fingerprint density at radius 2 is 0.882 bits per heavy atom. The lowest BCUT2D eigenvalue weighted by molar-refractivity contribution is -0.130. The first-order chi connectivity index (χ1) is 24.7. The Balaban J connectivity index is 3.95. The van der Waals surface area contributed by atoms with Crippen molar-refractivity contribution in [1.29, 1.82) is 0 Å². The maximum absolute atomic E-state index is 12.6. The molecule has 4 N–H and O–H groups in total. The fourth-order valence-corrected chi connectivity index (χ4v) is 7.38. The van der Waals surface area contributed by atoms with Crippen LogP contribution in [0.3, 0.4) is 0 Å². The van der Waals surface area contributed by atoms with Crippen molar-refractivity contribution in [1.82, 2.24) is 5.32 Å². The third-order valence-electron chi connectivity index (χ3n) is 9.99. The Labute approximate surface area is 316 Å². The van der Waals surface area contributed by atoms with E-state index in [9.17, 15) is 28.0 Å². The van der Waals surface area contributed by atoms with Crippen LogP contribution in [0.2, 0.25) is 0 Å². The second kappa shape index (κ2) is 37.1. The van der Waals surface area contributed by atoms with Gasteiger partial charge in [-0.25, -0.2) is 0 Å². The van der Waals surface area contributed by atoms with Crippen molar-refractivity contribution < 1.29 is 28.0 Å². The Bertz CT molecular complexity index is 921. The molecule has 0 saturated carbocycles. The van der Waals surface area contributed by atoms with Crippen LogP contribution in [0, 0.1) is 0 Å². The lowest BCUT2D eigenvalue weighted by atomic mass is 10.0. The predicted molar refractivity (Wildman–Crippen MR) is 218 cm³/mol. The molecule has 302 valence electrons. The minimum Gasteiger partial charge on any atom is -0.387 e. The van der Waals surface area contributed by atoms with Crippen molar-refractivity contribution in [2.45, 2.75) is 238 Å². The van der Waals surface area contributed by atoms with Crippen LogP contribution in [-0.4, -0.2) is 53.1 Å². The monoisotopic (exact) mass is 742 g/mol. The SMILES string of the molecule is CCCCCCCCC/C=C/CC/C=C/C(O)C(CS(=O)(=O)O)NC(=O)C(O)CCCCCCCCCCCCCCCCCCCCCCC. The van der Waals surface area contributed by atoms with Crippen molar-refractivity contribution in [2.24, 2.45) is 0 Å². The van der Waals surface area contributed by atoms with Crippen LogP contribution in [0.4, 0.5) is 0 Å². The number of carbonyl (C=O) groups is 1. The molecule has 0 aromatic rings. The van der Waals surface area contributed by atoms with Crippen LogP contribution in [0.25, 0.3) is 0 Å². The molecular weight excluding hydrogens is 659 g/mol. The van der Waals surface area contributed by atoms with Gasteiger partial charge in [0.05, 0.1) is 17.9 Å². The zero-order valence-corrected chi connectivity index (χ0v) is 34.2. The van der Waals surface area contributed by atoms with E-state index in [-0.39, 0.29) is 6.42 Å². The van der Waals surface area contributed by atoms with Crippen LogP contribution in [0.1, 0.15) is 219 Å². The van der Waals surface area contributed by atoms with Crippen molar-refractivity contribution in [3.8, 4) is 0 Å². The Kier molecular flexibility index (Phi) is 36.2. The van der Waals surface area contributed by atoms with E-state index in [1.807, 2.05) is 0 Å². The highest BCUT2D eigenvalue weighted by Gasteiger charge is 2.27. The highest BCUT2D eigenvalue weighted by molar-refractivity contribution is 7.85. The van der Waals surface area contributed by atoms with Gasteiger partial charge < -0.3 is 15.5 Å². The van der Waals surface area contributed by atoms with Crippen LogP contribution >= 0.6 is 0 Å². The first-order valence-corrected chi connectivity index (χ1v) is 23.3. The van der Waals surface area contributed by atoms with Crippen molar-refractivity contribution in [3.05, 3.63) is 24.3 Å². The second-order valence-electron chi connectivity index (χ2n) is 15.1. The van der Waals surface area contributed by atoms with Gasteiger partial charge in [0.2, 0.25) is 5.91 Å². The van der Waals surface area contributed by atoms with E-state index in [1.54, 1.807) is 6.08 Å². The predicted octanol–water partition coefficient (Wildman–Crippen LogP) is 11.7. The maximum Gasteiger partial charge on any atom is 0.267 e.